The topological polar surface area (TPSA) is 45.7 Å². The summed E-state index contributed by atoms with van der Waals surface area (Å²) in [5, 5.41) is 0. The standard InChI is InChI=1S/C15H21N3O2/c1-2-17-7-5-13-14(11-17)20-9-8-18(13)15(19)12-4-3-6-16-10-12/h3-4,6,10,13-14H,2,5,7-9,11H2,1H3/t13-,14-/m1/s1. The lowest BCUT2D eigenvalue weighted by molar-refractivity contribution is -0.0912. The van der Waals surface area contributed by atoms with Gasteiger partial charge in [-0.05, 0) is 25.1 Å². The minimum Gasteiger partial charge on any atom is -0.373 e. The average molecular weight is 275 g/mol. The van der Waals surface area contributed by atoms with Crippen molar-refractivity contribution in [1.82, 2.24) is 14.8 Å². The molecular formula is C15H21N3O2. The normalized spacial score (nSPS) is 27.1. The lowest BCUT2D eigenvalue weighted by Crippen LogP contribution is -2.60. The number of carbonyl (C=O) groups is 1. The fourth-order valence-corrected chi connectivity index (χ4v) is 3.15. The van der Waals surface area contributed by atoms with Crippen LogP contribution in [-0.2, 0) is 4.74 Å². The Morgan fingerprint density at radius 1 is 1.50 bits per heavy atom. The predicted molar refractivity (Wildman–Crippen MR) is 75.5 cm³/mol. The van der Waals surface area contributed by atoms with Gasteiger partial charge in [0.05, 0.1) is 24.3 Å². The second kappa shape index (κ2) is 5.89. The number of piperidine rings is 1. The Morgan fingerprint density at radius 2 is 2.40 bits per heavy atom. The van der Waals surface area contributed by atoms with Crippen molar-refractivity contribution in [2.24, 2.45) is 0 Å². The number of morpholine rings is 1. The molecule has 3 heterocycles. The van der Waals surface area contributed by atoms with E-state index in [0.717, 1.165) is 26.1 Å². The SMILES string of the molecule is CCN1CC[C@@H]2[C@@H](C1)OCCN2C(=O)c1cccnc1. The zero-order valence-corrected chi connectivity index (χ0v) is 11.9. The summed E-state index contributed by atoms with van der Waals surface area (Å²) in [7, 11) is 0. The van der Waals surface area contributed by atoms with Gasteiger partial charge in [-0.2, -0.15) is 0 Å². The van der Waals surface area contributed by atoms with Crippen LogP contribution in [0.3, 0.4) is 0 Å². The van der Waals surface area contributed by atoms with Crippen molar-refractivity contribution in [3.05, 3.63) is 30.1 Å². The molecule has 2 aliphatic rings. The fourth-order valence-electron chi connectivity index (χ4n) is 3.15. The van der Waals surface area contributed by atoms with Gasteiger partial charge in [0.15, 0.2) is 0 Å². The number of aromatic nitrogens is 1. The molecule has 0 unspecified atom stereocenters. The van der Waals surface area contributed by atoms with Crippen LogP contribution >= 0.6 is 0 Å². The highest BCUT2D eigenvalue weighted by Crippen LogP contribution is 2.24. The van der Waals surface area contributed by atoms with Crippen molar-refractivity contribution in [2.45, 2.75) is 25.5 Å². The zero-order chi connectivity index (χ0) is 13.9. The van der Waals surface area contributed by atoms with Gasteiger partial charge in [0.2, 0.25) is 0 Å². The van der Waals surface area contributed by atoms with Crippen LogP contribution in [0.25, 0.3) is 0 Å². The van der Waals surface area contributed by atoms with E-state index in [1.54, 1.807) is 12.4 Å². The lowest BCUT2D eigenvalue weighted by atomic mass is 9.97. The quantitative estimate of drug-likeness (QED) is 0.808. The van der Waals surface area contributed by atoms with Crippen LogP contribution in [0.2, 0.25) is 0 Å². The van der Waals surface area contributed by atoms with Crippen molar-refractivity contribution in [3.8, 4) is 0 Å². The minimum absolute atomic E-state index is 0.0846. The number of amides is 1. The van der Waals surface area contributed by atoms with Gasteiger partial charge in [-0.1, -0.05) is 6.92 Å². The van der Waals surface area contributed by atoms with E-state index >= 15 is 0 Å². The number of hydrogen-bond donors (Lipinski definition) is 0. The molecule has 0 aliphatic carbocycles. The molecule has 5 nitrogen and oxygen atoms in total. The molecule has 0 spiro atoms. The van der Waals surface area contributed by atoms with Crippen molar-refractivity contribution < 1.29 is 9.53 Å². The largest absolute Gasteiger partial charge is 0.373 e. The number of ether oxygens (including phenoxy) is 1. The van der Waals surface area contributed by atoms with E-state index in [0.29, 0.717) is 18.7 Å². The molecule has 2 fully saturated rings. The summed E-state index contributed by atoms with van der Waals surface area (Å²) < 4.78 is 5.88. The highest BCUT2D eigenvalue weighted by molar-refractivity contribution is 5.94. The highest BCUT2D eigenvalue weighted by atomic mass is 16.5. The fraction of sp³-hybridized carbons (Fsp3) is 0.600. The van der Waals surface area contributed by atoms with Gasteiger partial charge in [-0.25, -0.2) is 0 Å². The molecule has 2 aliphatic heterocycles. The molecule has 2 atom stereocenters. The van der Waals surface area contributed by atoms with Crippen LogP contribution in [-0.4, -0.2) is 65.6 Å². The molecule has 3 rings (SSSR count). The first-order valence-electron chi connectivity index (χ1n) is 7.34. The van der Waals surface area contributed by atoms with E-state index < -0.39 is 0 Å². The van der Waals surface area contributed by atoms with E-state index in [-0.39, 0.29) is 18.1 Å². The first-order valence-corrected chi connectivity index (χ1v) is 7.34. The Hall–Kier alpha value is -1.46. The summed E-state index contributed by atoms with van der Waals surface area (Å²) in [5.41, 5.74) is 0.672. The Morgan fingerprint density at radius 3 is 3.15 bits per heavy atom. The predicted octanol–water partition coefficient (Wildman–Crippen LogP) is 1.02. The third-order valence-electron chi connectivity index (χ3n) is 4.29. The lowest BCUT2D eigenvalue weighted by Gasteiger charge is -2.46. The number of nitrogens with zero attached hydrogens (tertiary/aromatic N) is 3. The van der Waals surface area contributed by atoms with Crippen LogP contribution in [0.5, 0.6) is 0 Å². The van der Waals surface area contributed by atoms with Crippen LogP contribution < -0.4 is 0 Å². The molecule has 1 aromatic heterocycles. The number of hydrogen-bond acceptors (Lipinski definition) is 4. The number of likely N-dealkylation sites (N-methyl/N-ethyl adjacent to an activating group) is 1. The Labute approximate surface area is 119 Å². The Bertz CT molecular complexity index is 465. The molecule has 1 amide bonds. The van der Waals surface area contributed by atoms with Gasteiger partial charge >= 0.3 is 0 Å². The summed E-state index contributed by atoms with van der Waals surface area (Å²) in [6.07, 6.45) is 4.48. The summed E-state index contributed by atoms with van der Waals surface area (Å²) in [6, 6.07) is 3.85. The van der Waals surface area contributed by atoms with E-state index in [4.69, 9.17) is 4.74 Å². The van der Waals surface area contributed by atoms with Crippen molar-refractivity contribution >= 4 is 5.91 Å². The molecule has 5 heteroatoms. The molecule has 2 saturated heterocycles. The molecule has 108 valence electrons. The number of fused-ring (bicyclic) bond motifs is 1. The minimum atomic E-state index is 0.0846. The first-order chi connectivity index (χ1) is 9.79. The molecule has 20 heavy (non-hydrogen) atoms. The van der Waals surface area contributed by atoms with Crippen LogP contribution in [0.15, 0.2) is 24.5 Å². The summed E-state index contributed by atoms with van der Waals surface area (Å²) in [4.78, 5) is 21.0. The molecule has 0 aromatic carbocycles. The maximum absolute atomic E-state index is 12.6. The van der Waals surface area contributed by atoms with Gasteiger partial charge < -0.3 is 14.5 Å². The maximum Gasteiger partial charge on any atom is 0.255 e. The molecule has 1 aromatic rings. The Balaban J connectivity index is 1.75. The monoisotopic (exact) mass is 275 g/mol. The molecule has 0 bridgehead atoms. The van der Waals surface area contributed by atoms with E-state index in [1.165, 1.54) is 0 Å². The molecular weight excluding hydrogens is 254 g/mol. The number of likely N-dealkylation sites (tertiary alicyclic amines) is 1. The van der Waals surface area contributed by atoms with Crippen molar-refractivity contribution in [2.75, 3.05) is 32.8 Å². The van der Waals surface area contributed by atoms with Crippen LogP contribution in [0.1, 0.15) is 23.7 Å². The summed E-state index contributed by atoms with van der Waals surface area (Å²) in [5.74, 6) is 0.0846. The molecule has 0 N–H and O–H groups in total. The summed E-state index contributed by atoms with van der Waals surface area (Å²) in [6.45, 7) is 6.49. The van der Waals surface area contributed by atoms with Crippen LogP contribution in [0, 0.1) is 0 Å². The number of rotatable bonds is 2. The number of pyridine rings is 1. The highest BCUT2D eigenvalue weighted by Gasteiger charge is 2.38. The van der Waals surface area contributed by atoms with E-state index in [2.05, 4.69) is 16.8 Å². The van der Waals surface area contributed by atoms with Gasteiger partial charge in [-0.3, -0.25) is 9.78 Å². The number of carbonyl (C=O) groups excluding carboxylic acids is 1. The maximum atomic E-state index is 12.6. The second-order valence-electron chi connectivity index (χ2n) is 5.40. The zero-order valence-electron chi connectivity index (χ0n) is 11.9. The van der Waals surface area contributed by atoms with E-state index in [9.17, 15) is 4.79 Å². The second-order valence-corrected chi connectivity index (χ2v) is 5.40. The third-order valence-corrected chi connectivity index (χ3v) is 4.29. The smallest absolute Gasteiger partial charge is 0.255 e. The van der Waals surface area contributed by atoms with Crippen molar-refractivity contribution in [1.29, 1.82) is 0 Å². The van der Waals surface area contributed by atoms with Gasteiger partial charge in [0, 0.05) is 32.0 Å². The van der Waals surface area contributed by atoms with Gasteiger partial charge in [-0.15, -0.1) is 0 Å². The Kier molecular flexibility index (Phi) is 3.98. The van der Waals surface area contributed by atoms with Crippen molar-refractivity contribution in [3.63, 3.8) is 0 Å². The summed E-state index contributed by atoms with van der Waals surface area (Å²) >= 11 is 0. The molecule has 0 radical (unpaired) electrons. The van der Waals surface area contributed by atoms with Gasteiger partial charge in [0.25, 0.3) is 5.91 Å². The molecule has 0 saturated carbocycles. The van der Waals surface area contributed by atoms with Gasteiger partial charge in [0.1, 0.15) is 0 Å². The third kappa shape index (κ3) is 2.55. The first kappa shape index (κ1) is 13.5. The van der Waals surface area contributed by atoms with Crippen LogP contribution in [0.4, 0.5) is 0 Å². The van der Waals surface area contributed by atoms with E-state index in [1.807, 2.05) is 17.0 Å². The average Bonchev–Trinajstić information content (AvgIpc) is 2.54.